The quantitative estimate of drug-likeness (QED) is 0.819. The highest BCUT2D eigenvalue weighted by atomic mass is 79.9. The zero-order valence-electron chi connectivity index (χ0n) is 15.1. The number of hydrogen-bond donors (Lipinski definition) is 1. The zero-order valence-corrected chi connectivity index (χ0v) is 16.7. The molecule has 0 aromatic heterocycles. The fraction of sp³-hybridized carbons (Fsp3) is 0.632. The van der Waals surface area contributed by atoms with Crippen LogP contribution in [-0.4, -0.2) is 43.3 Å². The molecule has 1 aliphatic rings. The van der Waals surface area contributed by atoms with Crippen LogP contribution in [0.15, 0.2) is 28.7 Å². The molecule has 0 aliphatic carbocycles. The molecule has 2 rings (SSSR count). The van der Waals surface area contributed by atoms with Crippen LogP contribution < -0.4 is 5.32 Å². The third-order valence-electron chi connectivity index (χ3n) is 4.38. The van der Waals surface area contributed by atoms with Gasteiger partial charge in [-0.05, 0) is 64.3 Å². The summed E-state index contributed by atoms with van der Waals surface area (Å²) in [5.74, 6) is 0.825. The van der Waals surface area contributed by atoms with Gasteiger partial charge < -0.3 is 15.0 Å². The summed E-state index contributed by atoms with van der Waals surface area (Å²) in [6, 6.07) is 8.50. The van der Waals surface area contributed by atoms with Crippen molar-refractivity contribution in [1.29, 1.82) is 0 Å². The molecular formula is C19H29BrN2O2. The van der Waals surface area contributed by atoms with E-state index in [1.807, 2.05) is 38.8 Å². The van der Waals surface area contributed by atoms with Crippen molar-refractivity contribution in [3.63, 3.8) is 0 Å². The van der Waals surface area contributed by atoms with E-state index in [1.54, 1.807) is 0 Å². The highest BCUT2D eigenvalue weighted by Crippen LogP contribution is 2.33. The third kappa shape index (κ3) is 5.49. The molecule has 1 aromatic carbocycles. The topological polar surface area (TPSA) is 41.6 Å². The van der Waals surface area contributed by atoms with E-state index < -0.39 is 5.60 Å². The molecule has 1 aromatic rings. The van der Waals surface area contributed by atoms with Crippen LogP contribution in [0.2, 0.25) is 0 Å². The molecule has 1 fully saturated rings. The molecule has 1 saturated heterocycles. The number of hydrogen-bond acceptors (Lipinski definition) is 3. The molecule has 134 valence electrons. The van der Waals surface area contributed by atoms with Crippen molar-refractivity contribution in [2.45, 2.75) is 45.1 Å². The number of likely N-dealkylation sites (N-methyl/N-ethyl adjacent to an activating group) is 1. The lowest BCUT2D eigenvalue weighted by Crippen LogP contribution is -2.45. The Bertz CT molecular complexity index is 557. The van der Waals surface area contributed by atoms with Gasteiger partial charge in [-0.1, -0.05) is 28.1 Å². The van der Waals surface area contributed by atoms with Crippen LogP contribution in [-0.2, 0) is 4.74 Å². The second kappa shape index (κ2) is 8.34. The minimum atomic E-state index is -0.446. The number of halogens is 1. The van der Waals surface area contributed by atoms with Crippen molar-refractivity contribution in [2.75, 3.05) is 26.7 Å². The monoisotopic (exact) mass is 396 g/mol. The van der Waals surface area contributed by atoms with Gasteiger partial charge in [0.2, 0.25) is 0 Å². The summed E-state index contributed by atoms with van der Waals surface area (Å²) in [6.45, 7) is 8.19. The van der Waals surface area contributed by atoms with Gasteiger partial charge in [-0.2, -0.15) is 0 Å². The molecule has 2 unspecified atom stereocenters. The Morgan fingerprint density at radius 3 is 2.83 bits per heavy atom. The second-order valence-corrected chi connectivity index (χ2v) is 8.46. The molecule has 2 atom stereocenters. The average molecular weight is 397 g/mol. The summed E-state index contributed by atoms with van der Waals surface area (Å²) in [6.07, 6.45) is 1.97. The maximum atomic E-state index is 12.4. The number of carbonyl (C=O) groups is 1. The first-order valence-corrected chi connectivity index (χ1v) is 9.47. The standard InChI is InChI=1S/C19H29BrN2O2/c1-19(2,3)24-18(23)22-10-6-8-15(13-22)17(12-21-4)14-7-5-9-16(20)11-14/h5,7,9,11,15,17,21H,6,8,10,12-13H2,1-4H3. The van der Waals surface area contributed by atoms with Crippen LogP contribution in [0.5, 0.6) is 0 Å². The molecule has 1 amide bonds. The van der Waals surface area contributed by atoms with Crippen molar-refractivity contribution in [3.8, 4) is 0 Å². The van der Waals surface area contributed by atoms with Crippen molar-refractivity contribution in [1.82, 2.24) is 10.2 Å². The molecule has 1 N–H and O–H groups in total. The van der Waals surface area contributed by atoms with Gasteiger partial charge in [0.15, 0.2) is 0 Å². The van der Waals surface area contributed by atoms with Crippen LogP contribution in [0.25, 0.3) is 0 Å². The minimum absolute atomic E-state index is 0.190. The normalized spacial score (nSPS) is 19.9. The number of rotatable bonds is 4. The SMILES string of the molecule is CNCC(c1cccc(Br)c1)C1CCCN(C(=O)OC(C)(C)C)C1. The number of likely N-dealkylation sites (tertiary alicyclic amines) is 1. The molecule has 5 heteroatoms. The fourth-order valence-corrected chi connectivity index (χ4v) is 3.76. The summed E-state index contributed by atoms with van der Waals surface area (Å²) < 4.78 is 6.65. The van der Waals surface area contributed by atoms with Gasteiger partial charge in [0.05, 0.1) is 0 Å². The smallest absolute Gasteiger partial charge is 0.410 e. The van der Waals surface area contributed by atoms with Crippen molar-refractivity contribution in [3.05, 3.63) is 34.3 Å². The molecule has 0 bridgehead atoms. The lowest BCUT2D eigenvalue weighted by atomic mass is 9.81. The first-order chi connectivity index (χ1) is 11.3. The molecule has 4 nitrogen and oxygen atoms in total. The maximum Gasteiger partial charge on any atom is 0.410 e. The van der Waals surface area contributed by atoms with Crippen LogP contribution in [0.1, 0.15) is 45.1 Å². The summed E-state index contributed by atoms with van der Waals surface area (Å²) in [5, 5.41) is 3.32. The van der Waals surface area contributed by atoms with Gasteiger partial charge in [0.1, 0.15) is 5.60 Å². The molecule has 0 saturated carbocycles. The van der Waals surface area contributed by atoms with E-state index in [1.165, 1.54) is 5.56 Å². The Morgan fingerprint density at radius 2 is 2.21 bits per heavy atom. The predicted molar refractivity (Wildman–Crippen MR) is 101 cm³/mol. The number of amides is 1. The predicted octanol–water partition coefficient (Wildman–Crippen LogP) is 4.40. The van der Waals surface area contributed by atoms with E-state index in [-0.39, 0.29) is 6.09 Å². The number of ether oxygens (including phenoxy) is 1. The highest BCUT2D eigenvalue weighted by molar-refractivity contribution is 9.10. The van der Waals surface area contributed by atoms with Gasteiger partial charge >= 0.3 is 6.09 Å². The third-order valence-corrected chi connectivity index (χ3v) is 4.87. The first-order valence-electron chi connectivity index (χ1n) is 8.68. The lowest BCUT2D eigenvalue weighted by Gasteiger charge is -2.38. The molecule has 0 radical (unpaired) electrons. The molecular weight excluding hydrogens is 368 g/mol. The average Bonchev–Trinajstić information content (AvgIpc) is 2.51. The Balaban J connectivity index is 2.11. The van der Waals surface area contributed by atoms with E-state index in [9.17, 15) is 4.79 Å². The molecule has 24 heavy (non-hydrogen) atoms. The zero-order chi connectivity index (χ0) is 17.7. The number of carbonyl (C=O) groups excluding carboxylic acids is 1. The lowest BCUT2D eigenvalue weighted by molar-refractivity contribution is 0.0151. The summed E-state index contributed by atoms with van der Waals surface area (Å²) in [7, 11) is 1.99. The molecule has 1 heterocycles. The van der Waals surface area contributed by atoms with E-state index in [2.05, 4.69) is 39.4 Å². The fourth-order valence-electron chi connectivity index (χ4n) is 3.34. The van der Waals surface area contributed by atoms with Crippen LogP contribution in [0, 0.1) is 5.92 Å². The van der Waals surface area contributed by atoms with E-state index in [0.29, 0.717) is 11.8 Å². The van der Waals surface area contributed by atoms with Gasteiger partial charge in [-0.3, -0.25) is 0 Å². The van der Waals surface area contributed by atoms with E-state index >= 15 is 0 Å². The first kappa shape index (κ1) is 19.3. The van der Waals surface area contributed by atoms with Crippen molar-refractivity contribution < 1.29 is 9.53 Å². The Kier molecular flexibility index (Phi) is 6.70. The van der Waals surface area contributed by atoms with Crippen molar-refractivity contribution >= 4 is 22.0 Å². The maximum absolute atomic E-state index is 12.4. The van der Waals surface area contributed by atoms with E-state index in [4.69, 9.17) is 4.74 Å². The van der Waals surface area contributed by atoms with Crippen LogP contribution in [0.4, 0.5) is 4.79 Å². The summed E-state index contributed by atoms with van der Waals surface area (Å²) >= 11 is 3.57. The van der Waals surface area contributed by atoms with Crippen molar-refractivity contribution in [2.24, 2.45) is 5.92 Å². The van der Waals surface area contributed by atoms with Crippen LogP contribution in [0.3, 0.4) is 0 Å². The van der Waals surface area contributed by atoms with Gasteiger partial charge in [-0.25, -0.2) is 4.79 Å². The summed E-state index contributed by atoms with van der Waals surface area (Å²) in [5.41, 5.74) is 0.869. The molecule has 1 aliphatic heterocycles. The van der Waals surface area contributed by atoms with E-state index in [0.717, 1.165) is 36.9 Å². The Morgan fingerprint density at radius 1 is 1.46 bits per heavy atom. The van der Waals surface area contributed by atoms with Gasteiger partial charge in [0, 0.05) is 30.0 Å². The Hall–Kier alpha value is -1.07. The Labute approximate surface area is 154 Å². The summed E-state index contributed by atoms with van der Waals surface area (Å²) in [4.78, 5) is 14.3. The minimum Gasteiger partial charge on any atom is -0.444 e. The largest absolute Gasteiger partial charge is 0.444 e. The number of piperidine rings is 1. The number of nitrogens with zero attached hydrogens (tertiary/aromatic N) is 1. The number of benzene rings is 1. The van der Waals surface area contributed by atoms with Gasteiger partial charge in [-0.15, -0.1) is 0 Å². The highest BCUT2D eigenvalue weighted by Gasteiger charge is 2.32. The molecule has 0 spiro atoms. The van der Waals surface area contributed by atoms with Crippen LogP contribution >= 0.6 is 15.9 Å². The second-order valence-electron chi connectivity index (χ2n) is 7.55. The van der Waals surface area contributed by atoms with Gasteiger partial charge in [0.25, 0.3) is 0 Å². The number of nitrogens with one attached hydrogen (secondary N) is 1.